The maximum atomic E-state index is 12.3. The summed E-state index contributed by atoms with van der Waals surface area (Å²) in [6.45, 7) is 4.10. The molecule has 2 nitrogen and oxygen atoms in total. The molecule has 16 heavy (non-hydrogen) atoms. The van der Waals surface area contributed by atoms with Gasteiger partial charge in [-0.1, -0.05) is 13.8 Å². The quantitative estimate of drug-likeness (QED) is 0.732. The Hall–Kier alpha value is -0.580. The molecular formula is C11H18F3NO. The Bertz CT molecular complexity index is 269. The molecule has 5 heteroatoms. The number of nitrogens with zero attached hydrogens (tertiary/aromatic N) is 1. The van der Waals surface area contributed by atoms with Gasteiger partial charge in [-0.25, -0.2) is 0 Å². The second-order valence-electron chi connectivity index (χ2n) is 5.19. The minimum atomic E-state index is -4.19. The third-order valence-electron chi connectivity index (χ3n) is 3.00. The number of halogens is 3. The number of hydrogen-bond acceptors (Lipinski definition) is 2. The van der Waals surface area contributed by atoms with Crippen LogP contribution in [0.25, 0.3) is 0 Å². The van der Waals surface area contributed by atoms with Crippen LogP contribution >= 0.6 is 0 Å². The molecule has 0 aromatic rings. The van der Waals surface area contributed by atoms with Gasteiger partial charge in [0.1, 0.15) is 5.78 Å². The molecule has 0 amide bonds. The van der Waals surface area contributed by atoms with Crippen molar-refractivity contribution in [2.45, 2.75) is 45.8 Å². The van der Waals surface area contributed by atoms with Crippen molar-refractivity contribution in [3.63, 3.8) is 0 Å². The lowest BCUT2D eigenvalue weighted by Crippen LogP contribution is -2.44. The van der Waals surface area contributed by atoms with Gasteiger partial charge in [-0.2, -0.15) is 13.2 Å². The number of hydrogen-bond donors (Lipinski definition) is 0. The van der Waals surface area contributed by atoms with Crippen molar-refractivity contribution in [3.8, 4) is 0 Å². The van der Waals surface area contributed by atoms with E-state index in [-0.39, 0.29) is 18.4 Å². The van der Waals surface area contributed by atoms with E-state index in [4.69, 9.17) is 0 Å². The predicted molar refractivity (Wildman–Crippen MR) is 55.1 cm³/mol. The number of rotatable bonds is 5. The molecule has 0 aromatic carbocycles. The van der Waals surface area contributed by atoms with Crippen LogP contribution < -0.4 is 0 Å². The van der Waals surface area contributed by atoms with E-state index in [1.54, 1.807) is 13.8 Å². The highest BCUT2D eigenvalue weighted by Gasteiger charge is 2.41. The van der Waals surface area contributed by atoms with Gasteiger partial charge in [-0.05, 0) is 19.8 Å². The Kier molecular flexibility index (Phi) is 3.67. The molecular weight excluding hydrogens is 219 g/mol. The van der Waals surface area contributed by atoms with Crippen molar-refractivity contribution in [2.75, 3.05) is 13.1 Å². The van der Waals surface area contributed by atoms with Gasteiger partial charge < -0.3 is 0 Å². The molecule has 1 fully saturated rings. The van der Waals surface area contributed by atoms with Gasteiger partial charge in [0.25, 0.3) is 0 Å². The molecule has 0 atom stereocenters. The first-order valence-electron chi connectivity index (χ1n) is 5.44. The highest BCUT2D eigenvalue weighted by atomic mass is 19.4. The van der Waals surface area contributed by atoms with Crippen molar-refractivity contribution in [1.29, 1.82) is 0 Å². The lowest BCUT2D eigenvalue weighted by atomic mass is 9.88. The second-order valence-corrected chi connectivity index (χ2v) is 5.19. The molecule has 1 saturated carbocycles. The molecule has 0 aromatic heterocycles. The standard InChI is InChI=1S/C11H18F3NO/c1-8(16)10(2,3)6-15(9-4-5-9)7-11(12,13)14/h9H,4-7H2,1-3H3. The van der Waals surface area contributed by atoms with Crippen LogP contribution in [0.1, 0.15) is 33.6 Å². The smallest absolute Gasteiger partial charge is 0.299 e. The lowest BCUT2D eigenvalue weighted by Gasteiger charge is -2.31. The SMILES string of the molecule is CC(=O)C(C)(C)CN(CC(F)(F)F)C1CC1. The number of carbonyl (C=O) groups excluding carboxylic acids is 1. The van der Waals surface area contributed by atoms with Gasteiger partial charge in [0.2, 0.25) is 0 Å². The summed E-state index contributed by atoms with van der Waals surface area (Å²) in [6.07, 6.45) is -2.57. The number of ketones is 1. The summed E-state index contributed by atoms with van der Waals surface area (Å²) in [5, 5.41) is 0. The highest BCUT2D eigenvalue weighted by molar-refractivity contribution is 5.81. The Morgan fingerprint density at radius 2 is 1.75 bits per heavy atom. The van der Waals surface area contributed by atoms with Gasteiger partial charge in [-0.15, -0.1) is 0 Å². The lowest BCUT2D eigenvalue weighted by molar-refractivity contribution is -0.152. The molecule has 0 N–H and O–H groups in total. The fourth-order valence-electron chi connectivity index (χ4n) is 1.60. The van der Waals surface area contributed by atoms with Crippen LogP contribution in [0.4, 0.5) is 13.2 Å². The van der Waals surface area contributed by atoms with Gasteiger partial charge in [0.05, 0.1) is 6.54 Å². The van der Waals surface area contributed by atoms with E-state index < -0.39 is 18.1 Å². The number of alkyl halides is 3. The normalized spacial score (nSPS) is 17.9. The summed E-state index contributed by atoms with van der Waals surface area (Å²) in [4.78, 5) is 12.7. The monoisotopic (exact) mass is 237 g/mol. The zero-order valence-electron chi connectivity index (χ0n) is 9.90. The Balaban J connectivity index is 2.61. The minimum absolute atomic E-state index is 0.0141. The van der Waals surface area contributed by atoms with E-state index >= 15 is 0 Å². The maximum Gasteiger partial charge on any atom is 0.401 e. The molecule has 0 unspecified atom stereocenters. The third kappa shape index (κ3) is 4.12. The first-order chi connectivity index (χ1) is 7.12. The summed E-state index contributed by atoms with van der Waals surface area (Å²) in [5.74, 6) is -0.0691. The zero-order chi connectivity index (χ0) is 12.6. The van der Waals surface area contributed by atoms with Crippen molar-refractivity contribution in [3.05, 3.63) is 0 Å². The average Bonchev–Trinajstić information content (AvgIpc) is 2.80. The molecule has 94 valence electrons. The predicted octanol–water partition coefficient (Wildman–Crippen LogP) is 2.63. The van der Waals surface area contributed by atoms with E-state index in [1.165, 1.54) is 11.8 Å². The van der Waals surface area contributed by atoms with Crippen LogP contribution in [0.3, 0.4) is 0 Å². The van der Waals surface area contributed by atoms with E-state index in [9.17, 15) is 18.0 Å². The summed E-state index contributed by atoms with van der Waals surface area (Å²) in [7, 11) is 0. The van der Waals surface area contributed by atoms with Gasteiger partial charge >= 0.3 is 6.18 Å². The van der Waals surface area contributed by atoms with Gasteiger partial charge in [0.15, 0.2) is 0 Å². The largest absolute Gasteiger partial charge is 0.401 e. The second kappa shape index (κ2) is 4.35. The molecule has 0 spiro atoms. The van der Waals surface area contributed by atoms with Crippen LogP contribution in [0.5, 0.6) is 0 Å². The maximum absolute atomic E-state index is 12.3. The van der Waals surface area contributed by atoms with E-state index in [0.29, 0.717) is 0 Å². The number of carbonyl (C=O) groups is 1. The molecule has 1 rings (SSSR count). The average molecular weight is 237 g/mol. The van der Waals surface area contributed by atoms with E-state index in [0.717, 1.165) is 12.8 Å². The van der Waals surface area contributed by atoms with E-state index in [1.807, 2.05) is 0 Å². The fraction of sp³-hybridized carbons (Fsp3) is 0.909. The van der Waals surface area contributed by atoms with Crippen molar-refractivity contribution in [2.24, 2.45) is 5.41 Å². The van der Waals surface area contributed by atoms with Crippen molar-refractivity contribution >= 4 is 5.78 Å². The summed E-state index contributed by atoms with van der Waals surface area (Å²) in [5.41, 5.74) is -0.701. The van der Waals surface area contributed by atoms with Crippen molar-refractivity contribution < 1.29 is 18.0 Å². The van der Waals surface area contributed by atoms with Crippen LogP contribution in [0, 0.1) is 5.41 Å². The molecule has 0 heterocycles. The topological polar surface area (TPSA) is 20.3 Å². The van der Waals surface area contributed by atoms with Gasteiger partial charge in [-0.3, -0.25) is 9.69 Å². The van der Waals surface area contributed by atoms with Crippen LogP contribution in [-0.2, 0) is 4.79 Å². The van der Waals surface area contributed by atoms with Crippen LogP contribution in [0.15, 0.2) is 0 Å². The fourth-order valence-corrected chi connectivity index (χ4v) is 1.60. The zero-order valence-corrected chi connectivity index (χ0v) is 9.90. The Morgan fingerprint density at radius 3 is 2.06 bits per heavy atom. The van der Waals surface area contributed by atoms with E-state index in [2.05, 4.69) is 0 Å². The highest BCUT2D eigenvalue weighted by Crippen LogP contribution is 2.33. The van der Waals surface area contributed by atoms with Crippen LogP contribution in [0.2, 0.25) is 0 Å². The molecule has 0 radical (unpaired) electrons. The molecule has 0 aliphatic heterocycles. The molecule has 1 aliphatic carbocycles. The number of Topliss-reactive ketones (excluding diaryl/α,β-unsaturated/α-hetero) is 1. The minimum Gasteiger partial charge on any atom is -0.299 e. The van der Waals surface area contributed by atoms with Crippen molar-refractivity contribution in [1.82, 2.24) is 4.90 Å². The molecule has 0 saturated heterocycles. The van der Waals surface area contributed by atoms with Crippen LogP contribution in [-0.4, -0.2) is 36.0 Å². The molecule has 0 bridgehead atoms. The first kappa shape index (κ1) is 13.5. The summed E-state index contributed by atoms with van der Waals surface area (Å²) < 4.78 is 37.0. The Morgan fingerprint density at radius 1 is 1.25 bits per heavy atom. The summed E-state index contributed by atoms with van der Waals surface area (Å²) in [6, 6.07) is 0.0141. The Labute approximate surface area is 93.8 Å². The molecule has 1 aliphatic rings. The third-order valence-corrected chi connectivity index (χ3v) is 3.00. The summed E-state index contributed by atoms with van der Waals surface area (Å²) >= 11 is 0. The van der Waals surface area contributed by atoms with Gasteiger partial charge in [0, 0.05) is 18.0 Å². The first-order valence-corrected chi connectivity index (χ1v) is 5.44.